The zero-order valence-electron chi connectivity index (χ0n) is 9.52. The lowest BCUT2D eigenvalue weighted by Crippen LogP contribution is -2.46. The molecule has 0 saturated carbocycles. The molecule has 4 nitrogen and oxygen atoms in total. The highest BCUT2D eigenvalue weighted by Crippen LogP contribution is 2.14. The predicted octanol–water partition coefficient (Wildman–Crippen LogP) is 0.0648. The zero-order valence-corrected chi connectivity index (χ0v) is 10.3. The third-order valence-corrected chi connectivity index (χ3v) is 4.30. The molecule has 92 valence electrons. The van der Waals surface area contributed by atoms with Crippen LogP contribution in [-0.2, 0) is 4.79 Å². The maximum atomic E-state index is 12.0. The van der Waals surface area contributed by atoms with E-state index in [0.29, 0.717) is 19.0 Å². The molecule has 0 spiro atoms. The smallest absolute Gasteiger partial charge is 0.224 e. The number of nitrogens with zero attached hydrogens (tertiary/aromatic N) is 1. The molecule has 16 heavy (non-hydrogen) atoms. The highest BCUT2D eigenvalue weighted by molar-refractivity contribution is 7.99. The van der Waals surface area contributed by atoms with Crippen LogP contribution < -0.4 is 5.32 Å². The van der Waals surface area contributed by atoms with Crippen molar-refractivity contribution in [3.8, 4) is 0 Å². The molecule has 2 aliphatic heterocycles. The number of β-amino-alcohol motifs (C(OH)–C–C–N with tert-alkyl or cyclic N) is 1. The van der Waals surface area contributed by atoms with Crippen LogP contribution in [0.1, 0.15) is 19.3 Å². The Labute approximate surface area is 101 Å². The Balaban J connectivity index is 1.77. The highest BCUT2D eigenvalue weighted by atomic mass is 32.2. The van der Waals surface area contributed by atoms with Crippen LogP contribution in [-0.4, -0.2) is 59.2 Å². The summed E-state index contributed by atoms with van der Waals surface area (Å²) in [6.45, 7) is 2.35. The van der Waals surface area contributed by atoms with E-state index >= 15 is 0 Å². The van der Waals surface area contributed by atoms with Crippen molar-refractivity contribution in [1.29, 1.82) is 0 Å². The van der Waals surface area contributed by atoms with Gasteiger partial charge in [0.25, 0.3) is 0 Å². The lowest BCUT2D eigenvalue weighted by atomic mass is 10.1. The van der Waals surface area contributed by atoms with Crippen molar-refractivity contribution < 1.29 is 9.90 Å². The van der Waals surface area contributed by atoms with E-state index < -0.39 is 0 Å². The Bertz CT molecular complexity index is 244. The van der Waals surface area contributed by atoms with Crippen molar-refractivity contribution in [3.05, 3.63) is 0 Å². The fourth-order valence-electron chi connectivity index (χ4n) is 2.27. The summed E-state index contributed by atoms with van der Waals surface area (Å²) in [6, 6.07) is 0.324. The number of aliphatic hydroxyl groups is 1. The number of likely N-dealkylation sites (tertiary alicyclic amines) is 1. The van der Waals surface area contributed by atoms with E-state index in [1.54, 1.807) is 0 Å². The maximum Gasteiger partial charge on any atom is 0.224 e. The van der Waals surface area contributed by atoms with Crippen molar-refractivity contribution in [1.82, 2.24) is 10.2 Å². The molecule has 0 aromatic rings. The summed E-state index contributed by atoms with van der Waals surface area (Å²) < 4.78 is 0. The Morgan fingerprint density at radius 2 is 2.44 bits per heavy atom. The van der Waals surface area contributed by atoms with Crippen LogP contribution in [0.3, 0.4) is 0 Å². The molecule has 0 bridgehead atoms. The number of hydrogen-bond acceptors (Lipinski definition) is 4. The van der Waals surface area contributed by atoms with Crippen molar-refractivity contribution in [3.63, 3.8) is 0 Å². The number of aliphatic hydroxyl groups excluding tert-OH is 1. The van der Waals surface area contributed by atoms with E-state index in [0.717, 1.165) is 37.4 Å². The molecule has 0 aliphatic carbocycles. The standard InChI is InChI=1S/C11H20N2O2S/c14-10-2-1-4-13(7-10)11(15)6-9-8-16-5-3-12-9/h9-10,12,14H,1-8H2/t9?,10-/m0/s1. The monoisotopic (exact) mass is 244 g/mol. The fourth-order valence-corrected chi connectivity index (χ4v) is 3.22. The number of rotatable bonds is 2. The first-order valence-corrected chi connectivity index (χ1v) is 7.18. The van der Waals surface area contributed by atoms with Gasteiger partial charge >= 0.3 is 0 Å². The molecule has 2 aliphatic rings. The average Bonchev–Trinajstić information content (AvgIpc) is 2.30. The molecule has 2 saturated heterocycles. The second-order valence-corrected chi connectivity index (χ2v) is 5.72. The third kappa shape index (κ3) is 3.37. The minimum absolute atomic E-state index is 0.193. The molecular weight excluding hydrogens is 224 g/mol. The normalized spacial score (nSPS) is 31.4. The van der Waals surface area contributed by atoms with Crippen molar-refractivity contribution >= 4 is 17.7 Å². The first-order chi connectivity index (χ1) is 7.75. The van der Waals surface area contributed by atoms with Crippen LogP contribution in [0.5, 0.6) is 0 Å². The van der Waals surface area contributed by atoms with Gasteiger partial charge in [-0.15, -0.1) is 0 Å². The minimum atomic E-state index is -0.314. The second-order valence-electron chi connectivity index (χ2n) is 4.57. The van der Waals surface area contributed by atoms with Crippen LogP contribution in [0.25, 0.3) is 0 Å². The van der Waals surface area contributed by atoms with Gasteiger partial charge in [0.15, 0.2) is 0 Å². The SMILES string of the molecule is O=C(CC1CSCCN1)N1CCC[C@H](O)C1. The molecule has 0 radical (unpaired) electrons. The molecule has 2 N–H and O–H groups in total. The zero-order chi connectivity index (χ0) is 11.4. The third-order valence-electron chi connectivity index (χ3n) is 3.17. The van der Waals surface area contributed by atoms with Gasteiger partial charge in [-0.2, -0.15) is 11.8 Å². The largest absolute Gasteiger partial charge is 0.391 e. The van der Waals surface area contributed by atoms with Gasteiger partial charge in [0.1, 0.15) is 0 Å². The molecule has 2 heterocycles. The topological polar surface area (TPSA) is 52.6 Å². The Kier molecular flexibility index (Phi) is 4.49. The quantitative estimate of drug-likeness (QED) is 0.721. The number of nitrogens with one attached hydrogen (secondary N) is 1. The molecule has 2 atom stereocenters. The van der Waals surface area contributed by atoms with Crippen LogP contribution in [0, 0.1) is 0 Å². The van der Waals surface area contributed by atoms with Gasteiger partial charge in [-0.05, 0) is 12.8 Å². The van der Waals surface area contributed by atoms with Crippen molar-refractivity contribution in [2.45, 2.75) is 31.4 Å². The van der Waals surface area contributed by atoms with Crippen LogP contribution in [0.2, 0.25) is 0 Å². The predicted molar refractivity (Wildman–Crippen MR) is 65.6 cm³/mol. The Morgan fingerprint density at radius 1 is 1.56 bits per heavy atom. The van der Waals surface area contributed by atoms with Crippen LogP contribution in [0.15, 0.2) is 0 Å². The van der Waals surface area contributed by atoms with E-state index in [4.69, 9.17) is 0 Å². The number of thioether (sulfide) groups is 1. The van der Waals surface area contributed by atoms with E-state index in [2.05, 4.69) is 5.32 Å². The summed E-state index contributed by atoms with van der Waals surface area (Å²) in [5.41, 5.74) is 0. The minimum Gasteiger partial charge on any atom is -0.391 e. The van der Waals surface area contributed by atoms with Crippen molar-refractivity contribution in [2.24, 2.45) is 0 Å². The number of hydrogen-bond donors (Lipinski definition) is 2. The van der Waals surface area contributed by atoms with Gasteiger partial charge in [0, 0.05) is 43.6 Å². The first-order valence-electron chi connectivity index (χ1n) is 6.02. The van der Waals surface area contributed by atoms with E-state index in [1.807, 2.05) is 16.7 Å². The molecule has 1 unspecified atom stereocenters. The molecule has 2 rings (SSSR count). The summed E-state index contributed by atoms with van der Waals surface area (Å²) in [5.74, 6) is 2.37. The van der Waals surface area contributed by atoms with E-state index in [9.17, 15) is 9.90 Å². The highest BCUT2D eigenvalue weighted by Gasteiger charge is 2.24. The van der Waals surface area contributed by atoms with Gasteiger partial charge in [-0.1, -0.05) is 0 Å². The van der Waals surface area contributed by atoms with E-state index in [-0.39, 0.29) is 12.0 Å². The van der Waals surface area contributed by atoms with Crippen LogP contribution in [0.4, 0.5) is 0 Å². The summed E-state index contributed by atoms with van der Waals surface area (Å²) in [5, 5.41) is 12.9. The Morgan fingerprint density at radius 3 is 3.12 bits per heavy atom. The molecule has 1 amide bonds. The molecule has 0 aromatic carbocycles. The lowest BCUT2D eigenvalue weighted by molar-refractivity contribution is -0.134. The summed E-state index contributed by atoms with van der Waals surface area (Å²) in [7, 11) is 0. The fraction of sp³-hybridized carbons (Fsp3) is 0.909. The summed E-state index contributed by atoms with van der Waals surface area (Å²) in [6.07, 6.45) is 2.03. The van der Waals surface area contributed by atoms with Gasteiger partial charge in [-0.3, -0.25) is 4.79 Å². The number of carbonyl (C=O) groups excluding carboxylic acids is 1. The maximum absolute atomic E-state index is 12.0. The van der Waals surface area contributed by atoms with E-state index in [1.165, 1.54) is 0 Å². The van der Waals surface area contributed by atoms with Gasteiger partial charge in [0.2, 0.25) is 5.91 Å². The molecule has 5 heteroatoms. The summed E-state index contributed by atoms with van der Waals surface area (Å²) >= 11 is 1.91. The second kappa shape index (κ2) is 5.89. The van der Waals surface area contributed by atoms with Gasteiger partial charge in [0.05, 0.1) is 6.10 Å². The Hall–Kier alpha value is -0.260. The van der Waals surface area contributed by atoms with Gasteiger partial charge < -0.3 is 15.3 Å². The lowest BCUT2D eigenvalue weighted by Gasteiger charge is -2.32. The number of carbonyl (C=O) groups is 1. The first kappa shape index (κ1) is 12.2. The van der Waals surface area contributed by atoms with Crippen molar-refractivity contribution in [2.75, 3.05) is 31.1 Å². The summed E-state index contributed by atoms with van der Waals surface area (Å²) in [4.78, 5) is 13.8. The average molecular weight is 244 g/mol. The number of piperidine rings is 1. The van der Waals surface area contributed by atoms with Gasteiger partial charge in [-0.25, -0.2) is 0 Å². The molecule has 2 fully saturated rings. The molecular formula is C11H20N2O2S. The van der Waals surface area contributed by atoms with Crippen LogP contribution >= 0.6 is 11.8 Å². The number of amides is 1. The molecule has 0 aromatic heterocycles.